The second-order valence-electron chi connectivity index (χ2n) is 8.49. The van der Waals surface area contributed by atoms with Crippen LogP contribution in [0.1, 0.15) is 17.5 Å². The van der Waals surface area contributed by atoms with Crippen molar-refractivity contribution in [3.05, 3.63) is 102 Å². The number of carbonyl (C=O) groups is 2. The van der Waals surface area contributed by atoms with E-state index in [1.165, 1.54) is 4.90 Å². The van der Waals surface area contributed by atoms with Gasteiger partial charge in [-0.1, -0.05) is 78.9 Å². The lowest BCUT2D eigenvalue weighted by atomic mass is 9.82. The molecule has 6 nitrogen and oxygen atoms in total. The fraction of sp³-hybridized carbons (Fsp3) is 0.259. The lowest BCUT2D eigenvalue weighted by Gasteiger charge is -2.29. The van der Waals surface area contributed by atoms with E-state index in [0.29, 0.717) is 13.2 Å². The van der Waals surface area contributed by atoms with E-state index in [4.69, 9.17) is 4.74 Å². The Labute approximate surface area is 193 Å². The second-order valence-corrected chi connectivity index (χ2v) is 8.49. The zero-order valence-electron chi connectivity index (χ0n) is 18.4. The molecule has 2 aliphatic heterocycles. The predicted molar refractivity (Wildman–Crippen MR) is 126 cm³/mol. The lowest BCUT2D eigenvalue weighted by Crippen LogP contribution is -2.47. The number of hydrogen-bond donors (Lipinski definition) is 1. The van der Waals surface area contributed by atoms with Gasteiger partial charge in [0.25, 0.3) is 5.91 Å². The zero-order chi connectivity index (χ0) is 22.7. The van der Waals surface area contributed by atoms with Gasteiger partial charge in [0.1, 0.15) is 12.4 Å². The molecule has 2 fully saturated rings. The molecule has 1 atom stereocenters. The molecular formula is C27H27N3O3. The summed E-state index contributed by atoms with van der Waals surface area (Å²) in [6.45, 7) is 2.78. The van der Waals surface area contributed by atoms with Crippen molar-refractivity contribution in [3.63, 3.8) is 0 Å². The summed E-state index contributed by atoms with van der Waals surface area (Å²) in [6, 6.07) is 28.2. The Morgan fingerprint density at radius 2 is 1.42 bits per heavy atom. The number of hydrogen-bond acceptors (Lipinski definition) is 4. The van der Waals surface area contributed by atoms with E-state index in [9.17, 15) is 9.59 Å². The summed E-state index contributed by atoms with van der Waals surface area (Å²) in [5, 5.41) is 3.05. The summed E-state index contributed by atoms with van der Waals surface area (Å²) in [4.78, 5) is 30.8. The van der Waals surface area contributed by atoms with Crippen molar-refractivity contribution in [2.75, 3.05) is 26.2 Å². The van der Waals surface area contributed by atoms with E-state index in [2.05, 4.69) is 10.2 Å². The molecule has 0 saturated carbocycles. The van der Waals surface area contributed by atoms with Crippen molar-refractivity contribution < 1.29 is 14.3 Å². The molecule has 0 bridgehead atoms. The summed E-state index contributed by atoms with van der Waals surface area (Å²) in [7, 11) is 0. The number of ether oxygens (including phenoxy) is 1. The molecule has 2 aliphatic rings. The molecule has 3 amide bonds. The van der Waals surface area contributed by atoms with Crippen LogP contribution < -0.4 is 10.1 Å². The van der Waals surface area contributed by atoms with Gasteiger partial charge in [-0.3, -0.25) is 14.6 Å². The summed E-state index contributed by atoms with van der Waals surface area (Å²) < 4.78 is 5.82. The van der Waals surface area contributed by atoms with Gasteiger partial charge in [0.15, 0.2) is 5.54 Å². The molecule has 3 aromatic carbocycles. The van der Waals surface area contributed by atoms with Crippen LogP contribution in [0.4, 0.5) is 4.79 Å². The van der Waals surface area contributed by atoms with Crippen LogP contribution in [-0.2, 0) is 10.3 Å². The van der Waals surface area contributed by atoms with Crippen molar-refractivity contribution in [1.82, 2.24) is 15.1 Å². The van der Waals surface area contributed by atoms with Crippen molar-refractivity contribution in [2.24, 2.45) is 0 Å². The van der Waals surface area contributed by atoms with E-state index in [1.54, 1.807) is 0 Å². The van der Waals surface area contributed by atoms with Crippen molar-refractivity contribution in [2.45, 2.75) is 18.0 Å². The van der Waals surface area contributed by atoms with Gasteiger partial charge in [-0.05, 0) is 29.7 Å². The largest absolute Gasteiger partial charge is 0.492 e. The number of urea groups is 1. The van der Waals surface area contributed by atoms with Crippen molar-refractivity contribution >= 4 is 11.9 Å². The first-order valence-electron chi connectivity index (χ1n) is 11.4. The standard InChI is InChI=1S/C27H27N3O3/c31-25-27(21-10-4-1-5-11-21,22-12-6-2-7-13-22)28-26(32)30(25)23-16-17-29(20-23)18-19-33-24-14-8-3-9-15-24/h1-15,23H,16-20H2,(H,28,32). The van der Waals surface area contributed by atoms with E-state index in [1.807, 2.05) is 91.0 Å². The van der Waals surface area contributed by atoms with Crippen LogP contribution in [0, 0.1) is 0 Å². The number of likely N-dealkylation sites (tertiary alicyclic amines) is 1. The zero-order valence-corrected chi connectivity index (χ0v) is 18.4. The minimum Gasteiger partial charge on any atom is -0.492 e. The van der Waals surface area contributed by atoms with Crippen molar-refractivity contribution in [1.29, 1.82) is 0 Å². The van der Waals surface area contributed by atoms with Gasteiger partial charge in [0.05, 0.1) is 6.04 Å². The molecule has 0 radical (unpaired) electrons. The Bertz CT molecular complexity index is 1070. The average Bonchev–Trinajstić information content (AvgIpc) is 3.42. The quantitative estimate of drug-likeness (QED) is 0.569. The number of nitrogens with one attached hydrogen (secondary N) is 1. The third kappa shape index (κ3) is 3.98. The summed E-state index contributed by atoms with van der Waals surface area (Å²) in [5.74, 6) is 0.634. The highest BCUT2D eigenvalue weighted by Gasteiger charge is 2.56. The van der Waals surface area contributed by atoms with E-state index < -0.39 is 5.54 Å². The molecule has 6 heteroatoms. The Kier molecular flexibility index (Phi) is 5.84. The second kappa shape index (κ2) is 9.08. The van der Waals surface area contributed by atoms with Gasteiger partial charge in [-0.15, -0.1) is 0 Å². The van der Waals surface area contributed by atoms with Crippen LogP contribution in [0.25, 0.3) is 0 Å². The van der Waals surface area contributed by atoms with Gasteiger partial charge >= 0.3 is 6.03 Å². The number of imide groups is 1. The third-order valence-electron chi connectivity index (χ3n) is 6.50. The molecule has 1 unspecified atom stereocenters. The molecule has 33 heavy (non-hydrogen) atoms. The molecule has 168 valence electrons. The Morgan fingerprint density at radius 3 is 2.03 bits per heavy atom. The third-order valence-corrected chi connectivity index (χ3v) is 6.50. The van der Waals surface area contributed by atoms with Crippen LogP contribution in [0.5, 0.6) is 5.75 Å². The topological polar surface area (TPSA) is 61.9 Å². The van der Waals surface area contributed by atoms with Crippen LogP contribution in [-0.4, -0.2) is 54.0 Å². The molecule has 0 spiro atoms. The van der Waals surface area contributed by atoms with Crippen LogP contribution in [0.2, 0.25) is 0 Å². The molecule has 5 rings (SSSR count). The smallest absolute Gasteiger partial charge is 0.325 e. The van der Waals surface area contributed by atoms with E-state index in [0.717, 1.165) is 36.4 Å². The Balaban J connectivity index is 1.32. The minimum absolute atomic E-state index is 0.163. The number of para-hydroxylation sites is 1. The van der Waals surface area contributed by atoms with Gasteiger partial charge in [-0.2, -0.15) is 0 Å². The maximum atomic E-state index is 13.9. The van der Waals surface area contributed by atoms with E-state index in [-0.39, 0.29) is 18.0 Å². The molecular weight excluding hydrogens is 414 g/mol. The fourth-order valence-corrected chi connectivity index (χ4v) is 4.85. The fourth-order valence-electron chi connectivity index (χ4n) is 4.85. The normalized spacial score (nSPS) is 20.1. The van der Waals surface area contributed by atoms with Crippen LogP contribution in [0.3, 0.4) is 0 Å². The van der Waals surface area contributed by atoms with E-state index >= 15 is 0 Å². The summed E-state index contributed by atoms with van der Waals surface area (Å²) in [5.41, 5.74) is 0.329. The molecule has 1 N–H and O–H groups in total. The van der Waals surface area contributed by atoms with Gasteiger partial charge in [0.2, 0.25) is 0 Å². The van der Waals surface area contributed by atoms with Crippen LogP contribution >= 0.6 is 0 Å². The first-order valence-corrected chi connectivity index (χ1v) is 11.4. The number of benzene rings is 3. The predicted octanol–water partition coefficient (Wildman–Crippen LogP) is 3.64. The highest BCUT2D eigenvalue weighted by atomic mass is 16.5. The first-order chi connectivity index (χ1) is 16.2. The van der Waals surface area contributed by atoms with Gasteiger partial charge in [0, 0.05) is 19.6 Å². The molecule has 0 aromatic heterocycles. The van der Waals surface area contributed by atoms with Gasteiger partial charge < -0.3 is 10.1 Å². The highest BCUT2D eigenvalue weighted by Crippen LogP contribution is 2.37. The molecule has 0 aliphatic carbocycles. The average molecular weight is 442 g/mol. The number of carbonyl (C=O) groups excluding carboxylic acids is 2. The van der Waals surface area contributed by atoms with Crippen LogP contribution in [0.15, 0.2) is 91.0 Å². The van der Waals surface area contributed by atoms with Crippen molar-refractivity contribution in [3.8, 4) is 5.75 Å². The first kappa shape index (κ1) is 21.2. The maximum absolute atomic E-state index is 13.9. The van der Waals surface area contributed by atoms with Gasteiger partial charge in [-0.25, -0.2) is 4.79 Å². The Morgan fingerprint density at radius 1 is 0.848 bits per heavy atom. The monoisotopic (exact) mass is 441 g/mol. The highest BCUT2D eigenvalue weighted by molar-refractivity contribution is 6.10. The minimum atomic E-state index is -1.20. The number of rotatable bonds is 7. The molecule has 2 heterocycles. The Hall–Kier alpha value is -3.64. The summed E-state index contributed by atoms with van der Waals surface area (Å²) >= 11 is 0. The lowest BCUT2D eigenvalue weighted by molar-refractivity contribution is -0.131. The number of nitrogens with zero attached hydrogens (tertiary/aromatic N) is 2. The molecule has 3 aromatic rings. The number of amides is 3. The molecule has 2 saturated heterocycles. The summed E-state index contributed by atoms with van der Waals surface area (Å²) in [6.07, 6.45) is 0.754. The SMILES string of the molecule is O=C1NC(c2ccccc2)(c2ccccc2)C(=O)N1C1CCN(CCOc2ccccc2)C1. The maximum Gasteiger partial charge on any atom is 0.325 e.